The molecule has 1 aliphatic heterocycles. The van der Waals surface area contributed by atoms with Crippen molar-refractivity contribution in [2.45, 2.75) is 11.4 Å². The summed E-state index contributed by atoms with van der Waals surface area (Å²) in [4.78, 5) is 12.6. The molecule has 1 saturated heterocycles. The van der Waals surface area contributed by atoms with E-state index in [1.165, 1.54) is 28.6 Å². The number of hydrogen-bond donors (Lipinski definition) is 0. The molecule has 0 aromatic heterocycles. The zero-order valence-electron chi connectivity index (χ0n) is 19.2. The number of morpholine rings is 1. The maximum absolute atomic E-state index is 13.5. The molecule has 10 heteroatoms. The van der Waals surface area contributed by atoms with E-state index >= 15 is 0 Å². The lowest BCUT2D eigenvalue weighted by molar-refractivity contribution is -0.384. The molecule has 0 unspecified atom stereocenters. The monoisotopic (exact) mass is 497 g/mol. The van der Waals surface area contributed by atoms with Gasteiger partial charge in [0.25, 0.3) is 5.69 Å². The van der Waals surface area contributed by atoms with Gasteiger partial charge in [-0.1, -0.05) is 30.3 Å². The quantitative estimate of drug-likeness (QED) is 0.309. The van der Waals surface area contributed by atoms with Gasteiger partial charge in [-0.25, -0.2) is 8.42 Å². The predicted molar refractivity (Wildman–Crippen MR) is 131 cm³/mol. The van der Waals surface area contributed by atoms with Crippen molar-refractivity contribution in [3.63, 3.8) is 0 Å². The molecule has 1 aliphatic rings. The Labute approximate surface area is 204 Å². The Hall–Kier alpha value is -3.31. The fourth-order valence-corrected chi connectivity index (χ4v) is 5.21. The molecule has 3 aromatic carbocycles. The van der Waals surface area contributed by atoms with Crippen molar-refractivity contribution in [1.29, 1.82) is 0 Å². The third kappa shape index (κ3) is 6.64. The van der Waals surface area contributed by atoms with Crippen LogP contribution in [0, 0.1) is 10.1 Å². The lowest BCUT2D eigenvalue weighted by atomic mass is 10.2. The highest BCUT2D eigenvalue weighted by Gasteiger charge is 2.26. The molecule has 9 nitrogen and oxygen atoms in total. The molecule has 0 bridgehead atoms. The van der Waals surface area contributed by atoms with Crippen LogP contribution in [0.15, 0.2) is 83.8 Å². The van der Waals surface area contributed by atoms with Crippen molar-refractivity contribution < 1.29 is 22.8 Å². The number of non-ortho nitro benzene ring substituents is 1. The number of para-hydroxylation sites is 1. The number of nitro benzene ring substituents is 1. The van der Waals surface area contributed by atoms with Gasteiger partial charge in [0.2, 0.25) is 10.0 Å². The summed E-state index contributed by atoms with van der Waals surface area (Å²) in [5.41, 5.74) is 0.612. The molecule has 0 N–H and O–H groups in total. The van der Waals surface area contributed by atoms with Crippen molar-refractivity contribution >= 4 is 15.7 Å². The van der Waals surface area contributed by atoms with E-state index in [-0.39, 0.29) is 23.7 Å². The molecule has 0 saturated carbocycles. The summed E-state index contributed by atoms with van der Waals surface area (Å²) in [6, 6.07) is 21.7. The van der Waals surface area contributed by atoms with E-state index in [9.17, 15) is 18.5 Å². The predicted octanol–water partition coefficient (Wildman–Crippen LogP) is 3.91. The summed E-state index contributed by atoms with van der Waals surface area (Å²) < 4.78 is 39.8. The molecule has 35 heavy (non-hydrogen) atoms. The highest BCUT2D eigenvalue weighted by Crippen LogP contribution is 2.25. The van der Waals surface area contributed by atoms with Gasteiger partial charge >= 0.3 is 0 Å². The lowest BCUT2D eigenvalue weighted by Crippen LogP contribution is -2.42. The van der Waals surface area contributed by atoms with Crippen LogP contribution in [-0.4, -0.2) is 61.9 Å². The van der Waals surface area contributed by atoms with Gasteiger partial charge in [-0.05, 0) is 42.0 Å². The number of nitro groups is 1. The van der Waals surface area contributed by atoms with Crippen LogP contribution in [-0.2, 0) is 21.3 Å². The van der Waals surface area contributed by atoms with Crippen LogP contribution in [0.1, 0.15) is 5.56 Å². The van der Waals surface area contributed by atoms with E-state index < -0.39 is 14.9 Å². The lowest BCUT2D eigenvalue weighted by Gasteiger charge is -2.29. The van der Waals surface area contributed by atoms with Crippen LogP contribution in [0.5, 0.6) is 11.5 Å². The largest absolute Gasteiger partial charge is 0.457 e. The fourth-order valence-electron chi connectivity index (χ4n) is 3.79. The van der Waals surface area contributed by atoms with E-state index in [0.717, 1.165) is 18.7 Å². The van der Waals surface area contributed by atoms with Crippen molar-refractivity contribution in [3.05, 3.63) is 94.5 Å². The number of sulfonamides is 1. The first-order valence-corrected chi connectivity index (χ1v) is 12.7. The maximum Gasteiger partial charge on any atom is 0.269 e. The first-order chi connectivity index (χ1) is 16.9. The first kappa shape index (κ1) is 24.8. The second-order valence-corrected chi connectivity index (χ2v) is 10.0. The Morgan fingerprint density at radius 2 is 1.63 bits per heavy atom. The molecule has 184 valence electrons. The van der Waals surface area contributed by atoms with Crippen LogP contribution in [0.3, 0.4) is 0 Å². The van der Waals surface area contributed by atoms with E-state index in [1.54, 1.807) is 0 Å². The van der Waals surface area contributed by atoms with Gasteiger partial charge < -0.3 is 9.47 Å². The van der Waals surface area contributed by atoms with Crippen molar-refractivity contribution in [1.82, 2.24) is 9.21 Å². The second-order valence-electron chi connectivity index (χ2n) is 8.11. The van der Waals surface area contributed by atoms with Crippen LogP contribution < -0.4 is 4.74 Å². The van der Waals surface area contributed by atoms with E-state index in [2.05, 4.69) is 4.90 Å². The Morgan fingerprint density at radius 3 is 2.31 bits per heavy atom. The highest BCUT2D eigenvalue weighted by atomic mass is 32.2. The highest BCUT2D eigenvalue weighted by molar-refractivity contribution is 7.89. The van der Waals surface area contributed by atoms with Gasteiger partial charge in [0.1, 0.15) is 11.5 Å². The summed E-state index contributed by atoms with van der Waals surface area (Å²) in [5, 5.41) is 11.0. The smallest absolute Gasteiger partial charge is 0.269 e. The zero-order chi connectivity index (χ0) is 24.7. The minimum Gasteiger partial charge on any atom is -0.457 e. The third-order valence-corrected chi connectivity index (χ3v) is 7.55. The molecule has 0 aliphatic carbocycles. The minimum atomic E-state index is -3.90. The molecular formula is C25H27N3O6S. The Bertz CT molecular complexity index is 1230. The number of rotatable bonds is 10. The van der Waals surface area contributed by atoms with Crippen molar-refractivity contribution in [2.24, 2.45) is 0 Å². The normalized spacial score (nSPS) is 14.7. The number of nitrogens with zero attached hydrogens (tertiary/aromatic N) is 3. The third-order valence-electron chi connectivity index (χ3n) is 5.69. The summed E-state index contributed by atoms with van der Waals surface area (Å²) in [6.45, 7) is 3.67. The van der Waals surface area contributed by atoms with Crippen LogP contribution in [0.4, 0.5) is 5.69 Å². The van der Waals surface area contributed by atoms with Gasteiger partial charge in [-0.2, -0.15) is 4.31 Å². The molecule has 3 aromatic rings. The Kier molecular flexibility index (Phi) is 8.09. The van der Waals surface area contributed by atoms with E-state index in [1.807, 2.05) is 54.6 Å². The molecular weight excluding hydrogens is 470 g/mol. The molecule has 1 heterocycles. The number of ether oxygens (including phenoxy) is 2. The van der Waals surface area contributed by atoms with Crippen LogP contribution >= 0.6 is 0 Å². The molecule has 0 atom stereocenters. The van der Waals surface area contributed by atoms with Crippen LogP contribution in [0.2, 0.25) is 0 Å². The second kappa shape index (κ2) is 11.4. The summed E-state index contributed by atoms with van der Waals surface area (Å²) in [7, 11) is -3.90. The van der Waals surface area contributed by atoms with Gasteiger partial charge in [0.05, 0.1) is 23.0 Å². The summed E-state index contributed by atoms with van der Waals surface area (Å²) in [5.74, 6) is 1.29. The fraction of sp³-hybridized carbons (Fsp3) is 0.280. The molecule has 0 amide bonds. The first-order valence-electron chi connectivity index (χ1n) is 11.3. The van der Waals surface area contributed by atoms with Crippen LogP contribution in [0.25, 0.3) is 0 Å². The molecule has 4 rings (SSSR count). The minimum absolute atomic E-state index is 0.0155. The number of hydrogen-bond acceptors (Lipinski definition) is 7. The molecule has 0 radical (unpaired) electrons. The molecule has 1 fully saturated rings. The number of benzene rings is 3. The van der Waals surface area contributed by atoms with Crippen molar-refractivity contribution in [3.8, 4) is 11.5 Å². The van der Waals surface area contributed by atoms with E-state index in [4.69, 9.17) is 9.47 Å². The topological polar surface area (TPSA) is 102 Å². The van der Waals surface area contributed by atoms with Gasteiger partial charge in [0, 0.05) is 44.9 Å². The van der Waals surface area contributed by atoms with E-state index in [0.29, 0.717) is 31.3 Å². The summed E-state index contributed by atoms with van der Waals surface area (Å²) in [6.07, 6.45) is 0. The Balaban J connectivity index is 1.56. The standard InChI is InChI=1S/C25H27N3O6S/c29-28(30)22-9-11-25(12-10-22)35(31,32)27(14-13-26-15-17-33-18-16-26)20-21-5-4-8-24(19-21)34-23-6-2-1-3-7-23/h1-12,19H,13-18,20H2. The van der Waals surface area contributed by atoms with Gasteiger partial charge in [-0.3, -0.25) is 15.0 Å². The maximum atomic E-state index is 13.5. The molecule has 0 spiro atoms. The SMILES string of the molecule is O=[N+]([O-])c1ccc(S(=O)(=O)N(CCN2CCOCC2)Cc2cccc(Oc3ccccc3)c2)cc1. The summed E-state index contributed by atoms with van der Waals surface area (Å²) >= 11 is 0. The van der Waals surface area contributed by atoms with Gasteiger partial charge in [0.15, 0.2) is 0 Å². The average Bonchev–Trinajstić information content (AvgIpc) is 2.88. The van der Waals surface area contributed by atoms with Gasteiger partial charge in [-0.15, -0.1) is 0 Å². The zero-order valence-corrected chi connectivity index (χ0v) is 20.0. The van der Waals surface area contributed by atoms with Crippen molar-refractivity contribution in [2.75, 3.05) is 39.4 Å². The average molecular weight is 498 g/mol. The Morgan fingerprint density at radius 1 is 0.943 bits per heavy atom.